The molecule has 0 amide bonds. The van der Waals surface area contributed by atoms with Crippen molar-refractivity contribution in [1.29, 1.82) is 0 Å². The Morgan fingerprint density at radius 1 is 1.34 bits per heavy atom. The highest BCUT2D eigenvalue weighted by molar-refractivity contribution is 6.30. The van der Waals surface area contributed by atoms with Crippen molar-refractivity contribution >= 4 is 28.7 Å². The number of benzene rings is 1. The van der Waals surface area contributed by atoms with Crippen molar-refractivity contribution in [2.75, 3.05) is 6.61 Å². The first kappa shape index (κ1) is 18.9. The van der Waals surface area contributed by atoms with Crippen LogP contribution in [-0.2, 0) is 11.3 Å². The number of rotatable bonds is 5. The van der Waals surface area contributed by atoms with Gasteiger partial charge in [0.25, 0.3) is 5.56 Å². The molecule has 0 aliphatic rings. The van der Waals surface area contributed by atoms with Crippen molar-refractivity contribution in [1.82, 2.24) is 19.7 Å². The fraction of sp³-hybridized carbons (Fsp3) is 0.211. The van der Waals surface area contributed by atoms with Crippen LogP contribution in [0.15, 0.2) is 44.3 Å². The van der Waals surface area contributed by atoms with Crippen LogP contribution in [0, 0.1) is 6.92 Å². The summed E-state index contributed by atoms with van der Waals surface area (Å²) in [5, 5.41) is 4.51. The number of fused-ring (bicyclic) bond motifs is 1. The summed E-state index contributed by atoms with van der Waals surface area (Å²) < 4.78 is 17.0. The Morgan fingerprint density at radius 3 is 2.93 bits per heavy atom. The van der Waals surface area contributed by atoms with Gasteiger partial charge >= 0.3 is 5.97 Å². The maximum atomic E-state index is 12.9. The molecule has 1 aromatic carbocycles. The van der Waals surface area contributed by atoms with Gasteiger partial charge in [0.1, 0.15) is 29.6 Å². The predicted octanol–water partition coefficient (Wildman–Crippen LogP) is 3.23. The Morgan fingerprint density at radius 2 is 2.17 bits per heavy atom. The predicted molar refractivity (Wildman–Crippen MR) is 103 cm³/mol. The van der Waals surface area contributed by atoms with Gasteiger partial charge < -0.3 is 13.7 Å². The minimum absolute atomic E-state index is 0.0260. The highest BCUT2D eigenvalue weighted by Gasteiger charge is 2.24. The van der Waals surface area contributed by atoms with Crippen LogP contribution in [0.25, 0.3) is 22.5 Å². The van der Waals surface area contributed by atoms with Crippen molar-refractivity contribution in [2.24, 2.45) is 0 Å². The highest BCUT2D eigenvalue weighted by atomic mass is 35.5. The van der Waals surface area contributed by atoms with Gasteiger partial charge in [0.15, 0.2) is 0 Å². The zero-order valence-electron chi connectivity index (χ0n) is 15.5. The van der Waals surface area contributed by atoms with Gasteiger partial charge in [-0.1, -0.05) is 28.9 Å². The average Bonchev–Trinajstić information content (AvgIpc) is 3.28. The number of nitrogens with zero attached hydrogens (tertiary/aromatic N) is 4. The smallest absolute Gasteiger partial charge is 0.342 e. The molecule has 148 valence electrons. The first-order valence-corrected chi connectivity index (χ1v) is 9.10. The van der Waals surface area contributed by atoms with Crippen LogP contribution < -0.4 is 5.56 Å². The summed E-state index contributed by atoms with van der Waals surface area (Å²) in [6.45, 7) is 3.40. The number of ether oxygens (including phenoxy) is 1. The number of aryl methyl sites for hydroxylation is 1. The van der Waals surface area contributed by atoms with Gasteiger partial charge in [-0.05, 0) is 26.0 Å². The van der Waals surface area contributed by atoms with E-state index in [4.69, 9.17) is 25.3 Å². The van der Waals surface area contributed by atoms with Crippen molar-refractivity contribution in [2.45, 2.75) is 20.4 Å². The monoisotopic (exact) mass is 414 g/mol. The van der Waals surface area contributed by atoms with Gasteiger partial charge in [0.05, 0.1) is 6.61 Å². The summed E-state index contributed by atoms with van der Waals surface area (Å²) in [6.07, 6.45) is 1.30. The molecule has 0 spiro atoms. The van der Waals surface area contributed by atoms with Crippen LogP contribution in [-0.4, -0.2) is 32.3 Å². The average molecular weight is 415 g/mol. The van der Waals surface area contributed by atoms with Crippen LogP contribution in [0.1, 0.15) is 28.9 Å². The third-order valence-corrected chi connectivity index (χ3v) is 4.43. The lowest BCUT2D eigenvalue weighted by molar-refractivity contribution is 0.0526. The van der Waals surface area contributed by atoms with E-state index in [9.17, 15) is 9.59 Å². The second-order valence-corrected chi connectivity index (χ2v) is 6.57. The van der Waals surface area contributed by atoms with Gasteiger partial charge in [-0.2, -0.15) is 4.98 Å². The lowest BCUT2D eigenvalue weighted by Crippen LogP contribution is -2.22. The van der Waals surface area contributed by atoms with E-state index in [2.05, 4.69) is 15.1 Å². The third kappa shape index (κ3) is 3.52. The first-order chi connectivity index (χ1) is 14.0. The summed E-state index contributed by atoms with van der Waals surface area (Å²) in [6, 6.07) is 7.00. The van der Waals surface area contributed by atoms with Crippen LogP contribution in [0.4, 0.5) is 0 Å². The molecular formula is C19H15ClN4O5. The van der Waals surface area contributed by atoms with E-state index in [-0.39, 0.29) is 41.5 Å². The SMILES string of the molecule is CCOC(=O)c1c(C)oc2ncn(Cc3nc(-c4cccc(Cl)c4)no3)c(=O)c12. The maximum Gasteiger partial charge on any atom is 0.342 e. The largest absolute Gasteiger partial charge is 0.462 e. The Kier molecular flexibility index (Phi) is 4.89. The molecule has 29 heavy (non-hydrogen) atoms. The maximum absolute atomic E-state index is 12.9. The highest BCUT2D eigenvalue weighted by Crippen LogP contribution is 2.22. The number of esters is 1. The standard InChI is InChI=1S/C19H15ClN4O5/c1-3-27-19(26)14-10(2)28-17-15(14)18(25)24(9-21-17)8-13-22-16(23-29-13)11-5-4-6-12(20)7-11/h4-7,9H,3,8H2,1-2H3. The van der Waals surface area contributed by atoms with Crippen LogP contribution >= 0.6 is 11.6 Å². The Bertz CT molecular complexity index is 1270. The van der Waals surface area contributed by atoms with Crippen molar-refractivity contribution in [3.8, 4) is 11.4 Å². The molecule has 9 nitrogen and oxygen atoms in total. The molecule has 0 aliphatic carbocycles. The second-order valence-electron chi connectivity index (χ2n) is 6.13. The zero-order valence-corrected chi connectivity index (χ0v) is 16.3. The minimum atomic E-state index is -0.638. The normalized spacial score (nSPS) is 11.1. The van der Waals surface area contributed by atoms with Gasteiger partial charge in [-0.3, -0.25) is 9.36 Å². The van der Waals surface area contributed by atoms with Crippen LogP contribution in [0.5, 0.6) is 0 Å². The first-order valence-electron chi connectivity index (χ1n) is 8.72. The molecular weight excluding hydrogens is 400 g/mol. The molecule has 4 rings (SSSR count). The van der Waals surface area contributed by atoms with Crippen molar-refractivity contribution < 1.29 is 18.5 Å². The number of carbonyl (C=O) groups is 1. The van der Waals surface area contributed by atoms with E-state index in [1.165, 1.54) is 10.9 Å². The summed E-state index contributed by atoms with van der Waals surface area (Å²) in [5.74, 6) is 0.167. The Hall–Kier alpha value is -3.46. The lowest BCUT2D eigenvalue weighted by Gasteiger charge is -2.02. The number of furan rings is 1. The number of aromatic nitrogens is 4. The zero-order chi connectivity index (χ0) is 20.5. The molecule has 0 aliphatic heterocycles. The molecule has 0 fully saturated rings. The molecule has 0 unspecified atom stereocenters. The third-order valence-electron chi connectivity index (χ3n) is 4.19. The molecule has 3 aromatic heterocycles. The number of carbonyl (C=O) groups excluding carboxylic acids is 1. The molecule has 0 saturated heterocycles. The Labute approximate surface area is 168 Å². The van der Waals surface area contributed by atoms with E-state index >= 15 is 0 Å². The minimum Gasteiger partial charge on any atom is -0.462 e. The summed E-state index contributed by atoms with van der Waals surface area (Å²) in [5.41, 5.74) is 0.344. The molecule has 10 heteroatoms. The quantitative estimate of drug-likeness (QED) is 0.457. The van der Waals surface area contributed by atoms with E-state index in [0.717, 1.165) is 0 Å². The molecule has 3 heterocycles. The number of hydrogen-bond acceptors (Lipinski definition) is 8. The molecule has 0 radical (unpaired) electrons. The summed E-state index contributed by atoms with van der Waals surface area (Å²) in [7, 11) is 0. The van der Waals surface area contributed by atoms with Gasteiger partial charge in [-0.15, -0.1) is 0 Å². The molecule has 0 saturated carbocycles. The fourth-order valence-electron chi connectivity index (χ4n) is 2.91. The topological polar surface area (TPSA) is 113 Å². The molecule has 0 N–H and O–H groups in total. The van der Waals surface area contributed by atoms with Crippen LogP contribution in [0.3, 0.4) is 0 Å². The molecule has 4 aromatic rings. The number of hydrogen-bond donors (Lipinski definition) is 0. The summed E-state index contributed by atoms with van der Waals surface area (Å²) >= 11 is 5.99. The van der Waals surface area contributed by atoms with E-state index in [1.54, 1.807) is 38.1 Å². The summed E-state index contributed by atoms with van der Waals surface area (Å²) in [4.78, 5) is 33.6. The van der Waals surface area contributed by atoms with Gasteiger partial charge in [0.2, 0.25) is 17.4 Å². The molecule has 0 bridgehead atoms. The number of halogens is 1. The van der Waals surface area contributed by atoms with Gasteiger partial charge in [-0.25, -0.2) is 9.78 Å². The van der Waals surface area contributed by atoms with Crippen molar-refractivity contribution in [3.63, 3.8) is 0 Å². The fourth-order valence-corrected chi connectivity index (χ4v) is 3.10. The van der Waals surface area contributed by atoms with E-state index < -0.39 is 11.5 Å². The lowest BCUT2D eigenvalue weighted by atomic mass is 10.2. The van der Waals surface area contributed by atoms with E-state index in [1.807, 2.05) is 0 Å². The molecule has 0 atom stereocenters. The Balaban J connectivity index is 1.71. The van der Waals surface area contributed by atoms with Crippen LogP contribution in [0.2, 0.25) is 5.02 Å². The van der Waals surface area contributed by atoms with Gasteiger partial charge in [0, 0.05) is 10.6 Å². The van der Waals surface area contributed by atoms with E-state index in [0.29, 0.717) is 16.4 Å². The van der Waals surface area contributed by atoms with Crippen molar-refractivity contribution in [3.05, 3.63) is 63.2 Å². The second kappa shape index (κ2) is 7.51.